The number of hydrogen-bond donors (Lipinski definition) is 2. The van der Waals surface area contributed by atoms with Crippen LogP contribution in [0.3, 0.4) is 0 Å². The monoisotopic (exact) mass is 415 g/mol. The number of ether oxygens (including phenoxy) is 1. The Kier molecular flexibility index (Phi) is 8.82. The number of urea groups is 1. The van der Waals surface area contributed by atoms with Crippen molar-refractivity contribution in [3.8, 4) is 0 Å². The summed E-state index contributed by atoms with van der Waals surface area (Å²) in [5, 5.41) is 4.98. The van der Waals surface area contributed by atoms with Crippen molar-refractivity contribution in [2.24, 2.45) is 5.92 Å². The van der Waals surface area contributed by atoms with Crippen LogP contribution in [-0.4, -0.2) is 58.1 Å². The number of likely N-dealkylation sites (tertiary alicyclic amines) is 1. The van der Waals surface area contributed by atoms with Crippen molar-refractivity contribution in [3.05, 3.63) is 0 Å². The third-order valence-electron chi connectivity index (χ3n) is 4.96. The normalized spacial score (nSPS) is 19.4. The lowest BCUT2D eigenvalue weighted by Gasteiger charge is -2.31. The van der Waals surface area contributed by atoms with E-state index in [1.807, 2.05) is 0 Å². The van der Waals surface area contributed by atoms with Crippen molar-refractivity contribution >= 4 is 46.2 Å². The molecule has 2 aliphatic rings. The number of imide groups is 1. The summed E-state index contributed by atoms with van der Waals surface area (Å²) in [6, 6.07) is -0.421. The van der Waals surface area contributed by atoms with Crippen molar-refractivity contribution in [2.75, 3.05) is 18.8 Å². The van der Waals surface area contributed by atoms with Gasteiger partial charge in [0.2, 0.25) is 0 Å². The van der Waals surface area contributed by atoms with Crippen LogP contribution < -0.4 is 10.6 Å². The highest BCUT2D eigenvalue weighted by atomic mass is 32.2. The fourth-order valence-electron chi connectivity index (χ4n) is 3.19. The van der Waals surface area contributed by atoms with Gasteiger partial charge in [-0.15, -0.1) is 0 Å². The molecule has 1 atom stereocenters. The van der Waals surface area contributed by atoms with Crippen LogP contribution in [0.4, 0.5) is 4.79 Å². The van der Waals surface area contributed by atoms with Crippen molar-refractivity contribution in [1.29, 1.82) is 0 Å². The summed E-state index contributed by atoms with van der Waals surface area (Å²) < 4.78 is 5.79. The molecule has 1 saturated heterocycles. The molecule has 0 aromatic carbocycles. The minimum atomic E-state index is -1.03. The van der Waals surface area contributed by atoms with Gasteiger partial charge >= 0.3 is 12.0 Å². The van der Waals surface area contributed by atoms with Crippen LogP contribution in [0.5, 0.6) is 0 Å². The van der Waals surface area contributed by atoms with Gasteiger partial charge in [-0.1, -0.05) is 43.7 Å². The Balaban J connectivity index is 1.64. The predicted octanol–water partition coefficient (Wildman–Crippen LogP) is 2.44. The minimum Gasteiger partial charge on any atom is -0.452 e. The first kappa shape index (κ1) is 21.9. The van der Waals surface area contributed by atoms with Crippen molar-refractivity contribution < 1.29 is 19.1 Å². The number of carbonyl (C=O) groups excluding carboxylic acids is 3. The number of thiocarbonyl (C=S) groups is 1. The smallest absolute Gasteiger partial charge is 0.321 e. The van der Waals surface area contributed by atoms with Crippen LogP contribution in [0.25, 0.3) is 0 Å². The Hall–Kier alpha value is -1.35. The number of carbonyl (C=O) groups is 3. The molecular weight excluding hydrogens is 386 g/mol. The summed E-state index contributed by atoms with van der Waals surface area (Å²) in [5.41, 5.74) is 0. The van der Waals surface area contributed by atoms with E-state index < -0.39 is 24.0 Å². The maximum atomic E-state index is 12.0. The number of piperidine rings is 1. The first-order valence-corrected chi connectivity index (χ1v) is 11.0. The van der Waals surface area contributed by atoms with Gasteiger partial charge in [0.05, 0.1) is 5.75 Å². The number of amides is 3. The second kappa shape index (κ2) is 10.8. The van der Waals surface area contributed by atoms with Gasteiger partial charge in [0, 0.05) is 19.1 Å². The van der Waals surface area contributed by atoms with Crippen molar-refractivity contribution in [1.82, 2.24) is 15.5 Å². The lowest BCUT2D eigenvalue weighted by atomic mass is 10.00. The van der Waals surface area contributed by atoms with Gasteiger partial charge in [-0.25, -0.2) is 4.79 Å². The molecule has 3 amide bonds. The molecule has 9 heteroatoms. The van der Waals surface area contributed by atoms with Crippen LogP contribution in [0.1, 0.15) is 52.4 Å². The second-order valence-electron chi connectivity index (χ2n) is 7.30. The van der Waals surface area contributed by atoms with E-state index in [-0.39, 0.29) is 11.8 Å². The zero-order chi connectivity index (χ0) is 19.8. The Bertz CT molecular complexity index is 559. The molecule has 1 saturated carbocycles. The Morgan fingerprint density at radius 2 is 1.81 bits per heavy atom. The van der Waals surface area contributed by atoms with Gasteiger partial charge in [0.1, 0.15) is 4.32 Å². The average Bonchev–Trinajstić information content (AvgIpc) is 3.13. The van der Waals surface area contributed by atoms with Crippen LogP contribution >= 0.6 is 24.0 Å². The van der Waals surface area contributed by atoms with Gasteiger partial charge in [0.15, 0.2) is 6.10 Å². The Morgan fingerprint density at radius 3 is 2.44 bits per heavy atom. The first-order chi connectivity index (χ1) is 12.8. The largest absolute Gasteiger partial charge is 0.452 e. The molecule has 1 aliphatic heterocycles. The Morgan fingerprint density at radius 1 is 1.19 bits per heavy atom. The molecule has 0 bridgehead atoms. The van der Waals surface area contributed by atoms with E-state index in [2.05, 4.69) is 22.5 Å². The van der Waals surface area contributed by atoms with E-state index in [1.54, 1.807) is 0 Å². The summed E-state index contributed by atoms with van der Waals surface area (Å²) in [6.45, 7) is 5.50. The third kappa shape index (κ3) is 7.65. The molecule has 2 rings (SSSR count). The zero-order valence-corrected chi connectivity index (χ0v) is 17.6. The average molecular weight is 416 g/mol. The topological polar surface area (TPSA) is 87.7 Å². The summed E-state index contributed by atoms with van der Waals surface area (Å²) in [6.07, 6.45) is 5.21. The number of rotatable bonds is 5. The van der Waals surface area contributed by atoms with Gasteiger partial charge in [-0.3, -0.25) is 14.9 Å². The number of esters is 1. The molecule has 0 radical (unpaired) electrons. The van der Waals surface area contributed by atoms with E-state index in [1.165, 1.54) is 18.7 Å². The quantitative estimate of drug-likeness (QED) is 0.527. The van der Waals surface area contributed by atoms with E-state index >= 15 is 0 Å². The van der Waals surface area contributed by atoms with Gasteiger partial charge in [-0.05, 0) is 38.5 Å². The standard InChI is InChI=1S/C18H29N3O4S2/c1-12-7-9-21(10-8-12)18(26)27-11-15(22)25-13(2)16(23)20-17(24)19-14-5-3-4-6-14/h12-14H,3-11H2,1-2H3,(H2,19,20,23,24)/t13-/m1/s1. The van der Waals surface area contributed by atoms with E-state index in [0.29, 0.717) is 10.2 Å². The maximum Gasteiger partial charge on any atom is 0.321 e. The molecule has 0 spiro atoms. The molecule has 1 aliphatic carbocycles. The fourth-order valence-corrected chi connectivity index (χ4v) is 4.23. The van der Waals surface area contributed by atoms with Crippen molar-refractivity contribution in [3.63, 3.8) is 0 Å². The van der Waals surface area contributed by atoms with Crippen LogP contribution in [0.15, 0.2) is 0 Å². The fraction of sp³-hybridized carbons (Fsp3) is 0.778. The van der Waals surface area contributed by atoms with E-state index in [0.717, 1.165) is 51.6 Å². The SMILES string of the molecule is CC1CCN(C(=S)SCC(=O)O[C@H](C)C(=O)NC(=O)NC2CCCC2)CC1. The molecule has 1 heterocycles. The molecule has 0 aromatic rings. The van der Waals surface area contributed by atoms with Crippen molar-refractivity contribution in [2.45, 2.75) is 64.5 Å². The number of nitrogens with zero attached hydrogens (tertiary/aromatic N) is 1. The number of nitrogens with one attached hydrogen (secondary N) is 2. The van der Waals surface area contributed by atoms with E-state index in [9.17, 15) is 14.4 Å². The lowest BCUT2D eigenvalue weighted by molar-refractivity contribution is -0.151. The molecule has 152 valence electrons. The molecule has 0 aromatic heterocycles. The van der Waals surface area contributed by atoms with Crippen LogP contribution in [0.2, 0.25) is 0 Å². The number of thioether (sulfide) groups is 1. The summed E-state index contributed by atoms with van der Waals surface area (Å²) in [4.78, 5) is 37.9. The highest BCUT2D eigenvalue weighted by Gasteiger charge is 2.23. The predicted molar refractivity (Wildman–Crippen MR) is 110 cm³/mol. The summed E-state index contributed by atoms with van der Waals surface area (Å²) in [5.74, 6) is -0.385. The lowest BCUT2D eigenvalue weighted by Crippen LogP contribution is -2.47. The highest BCUT2D eigenvalue weighted by Crippen LogP contribution is 2.20. The van der Waals surface area contributed by atoms with Crippen LogP contribution in [0, 0.1) is 5.92 Å². The molecule has 0 unspecified atom stereocenters. The second-order valence-corrected chi connectivity index (χ2v) is 8.91. The van der Waals surface area contributed by atoms with E-state index in [4.69, 9.17) is 17.0 Å². The highest BCUT2D eigenvalue weighted by molar-refractivity contribution is 8.23. The molecule has 2 fully saturated rings. The molecular formula is C18H29N3O4S2. The third-order valence-corrected chi connectivity index (χ3v) is 6.46. The minimum absolute atomic E-state index is 0.0524. The molecule has 7 nitrogen and oxygen atoms in total. The van der Waals surface area contributed by atoms with Gasteiger partial charge in [-0.2, -0.15) is 0 Å². The molecule has 2 N–H and O–H groups in total. The van der Waals surface area contributed by atoms with Gasteiger partial charge < -0.3 is 15.0 Å². The summed E-state index contributed by atoms with van der Waals surface area (Å²) in [7, 11) is 0. The number of hydrogen-bond acceptors (Lipinski definition) is 6. The van der Waals surface area contributed by atoms with Gasteiger partial charge in [0.25, 0.3) is 5.91 Å². The molecule has 27 heavy (non-hydrogen) atoms. The Labute approximate surface area is 170 Å². The van der Waals surface area contributed by atoms with Crippen LogP contribution in [-0.2, 0) is 14.3 Å². The zero-order valence-electron chi connectivity index (χ0n) is 16.0. The first-order valence-electron chi connectivity index (χ1n) is 9.57. The summed E-state index contributed by atoms with van der Waals surface area (Å²) >= 11 is 6.62. The maximum absolute atomic E-state index is 12.0.